The molecule has 3 atom stereocenters. The van der Waals surface area contributed by atoms with Crippen LogP contribution < -0.4 is 22.1 Å². The van der Waals surface area contributed by atoms with E-state index in [1.54, 1.807) is 0 Å². The number of nitrogens with two attached hydrogens (primary N) is 2. The molecule has 2 heterocycles. The first-order chi connectivity index (χ1) is 15.4. The number of hydrogen-bond donors (Lipinski definition) is 4. The van der Waals surface area contributed by atoms with Gasteiger partial charge >= 0.3 is 18.0 Å². The van der Waals surface area contributed by atoms with Gasteiger partial charge < -0.3 is 26.8 Å². The first kappa shape index (κ1) is 28.2. The molecule has 2 saturated heterocycles. The molecule has 2 aliphatic heterocycles. The van der Waals surface area contributed by atoms with Crippen LogP contribution >= 0.6 is 11.8 Å². The van der Waals surface area contributed by atoms with Crippen LogP contribution in [0.5, 0.6) is 0 Å². The summed E-state index contributed by atoms with van der Waals surface area (Å²) < 4.78 is 4.67. The van der Waals surface area contributed by atoms with Gasteiger partial charge in [0.25, 0.3) is 0 Å². The van der Waals surface area contributed by atoms with Crippen LogP contribution in [0.1, 0.15) is 84.0 Å². The van der Waals surface area contributed by atoms with Crippen LogP contribution in [-0.4, -0.2) is 53.5 Å². The number of carbonyl (C=O) groups excluding carboxylic acids is 4. The number of esters is 2. The third kappa shape index (κ3) is 12.3. The second kappa shape index (κ2) is 16.8. The normalized spacial score (nSPS) is 21.1. The minimum absolute atomic E-state index is 0.0440. The second-order valence-electron chi connectivity index (χ2n) is 8.24. The molecule has 0 bridgehead atoms. The van der Waals surface area contributed by atoms with Gasteiger partial charge in [-0.05, 0) is 38.6 Å². The Hall–Kier alpha value is -1.81. The van der Waals surface area contributed by atoms with E-state index in [2.05, 4.69) is 22.3 Å². The van der Waals surface area contributed by atoms with Crippen molar-refractivity contribution in [2.45, 2.75) is 101 Å². The zero-order valence-electron chi connectivity index (χ0n) is 19.2. The summed E-state index contributed by atoms with van der Waals surface area (Å²) in [4.78, 5) is 44.0. The fourth-order valence-electron chi connectivity index (χ4n) is 3.63. The minimum atomic E-state index is -0.404. The minimum Gasteiger partial charge on any atom is -0.393 e. The Labute approximate surface area is 195 Å². The van der Waals surface area contributed by atoms with Crippen molar-refractivity contribution in [3.8, 4) is 0 Å². The van der Waals surface area contributed by atoms with E-state index in [1.807, 2.05) is 11.8 Å². The van der Waals surface area contributed by atoms with E-state index in [-0.39, 0.29) is 18.0 Å². The molecule has 10 heteroatoms. The van der Waals surface area contributed by atoms with E-state index in [4.69, 9.17) is 11.5 Å². The zero-order chi connectivity index (χ0) is 23.8. The number of unbranched alkanes of at least 4 members (excludes halogenated alkanes) is 5. The van der Waals surface area contributed by atoms with Crippen molar-refractivity contribution in [1.82, 2.24) is 10.6 Å². The van der Waals surface area contributed by atoms with E-state index in [9.17, 15) is 19.2 Å². The van der Waals surface area contributed by atoms with Gasteiger partial charge in [0, 0.05) is 30.3 Å². The highest BCUT2D eigenvalue weighted by molar-refractivity contribution is 8.00. The Morgan fingerprint density at radius 1 is 0.969 bits per heavy atom. The molecular weight excluding hydrogens is 432 g/mol. The SMILES string of the molecule is CCCCCC(=O)OC(=O)CCCCCN.NC(=O)CCCC[C@@H]1SC[C@@H]2NC(=O)N[C@@H]21. The highest BCUT2D eigenvalue weighted by Gasteiger charge is 2.42. The number of hydrogen-bond acceptors (Lipinski definition) is 7. The Balaban J connectivity index is 0.000000320. The quantitative estimate of drug-likeness (QED) is 0.131. The van der Waals surface area contributed by atoms with E-state index in [0.29, 0.717) is 37.1 Å². The number of thioether (sulfide) groups is 1. The van der Waals surface area contributed by atoms with Gasteiger partial charge in [-0.2, -0.15) is 11.8 Å². The number of nitrogens with one attached hydrogen (secondary N) is 2. The number of ether oxygens (including phenoxy) is 1. The van der Waals surface area contributed by atoms with Crippen molar-refractivity contribution in [1.29, 1.82) is 0 Å². The van der Waals surface area contributed by atoms with Gasteiger partial charge in [0.2, 0.25) is 5.91 Å². The van der Waals surface area contributed by atoms with Crippen LogP contribution in [0.2, 0.25) is 0 Å². The first-order valence-electron chi connectivity index (χ1n) is 11.8. The molecule has 184 valence electrons. The smallest absolute Gasteiger partial charge is 0.315 e. The largest absolute Gasteiger partial charge is 0.393 e. The average molecular weight is 473 g/mol. The van der Waals surface area contributed by atoms with Gasteiger partial charge in [0.1, 0.15) is 0 Å². The van der Waals surface area contributed by atoms with Crippen molar-refractivity contribution in [3.05, 3.63) is 0 Å². The van der Waals surface area contributed by atoms with Gasteiger partial charge in [0.15, 0.2) is 0 Å². The molecule has 2 aliphatic rings. The zero-order valence-corrected chi connectivity index (χ0v) is 20.1. The van der Waals surface area contributed by atoms with Gasteiger partial charge in [-0.15, -0.1) is 0 Å². The fourth-order valence-corrected chi connectivity index (χ4v) is 5.17. The Morgan fingerprint density at radius 3 is 2.25 bits per heavy atom. The summed E-state index contributed by atoms with van der Waals surface area (Å²) in [6.45, 7) is 2.71. The molecule has 0 saturated carbocycles. The van der Waals surface area contributed by atoms with Crippen molar-refractivity contribution in [2.24, 2.45) is 11.5 Å². The van der Waals surface area contributed by atoms with Crippen LogP contribution in [0, 0.1) is 0 Å². The van der Waals surface area contributed by atoms with Crippen molar-refractivity contribution in [2.75, 3.05) is 12.3 Å². The number of rotatable bonds is 14. The third-order valence-corrected chi connectivity index (χ3v) is 6.91. The van der Waals surface area contributed by atoms with Crippen molar-refractivity contribution < 1.29 is 23.9 Å². The molecule has 0 unspecified atom stereocenters. The number of primary amides is 1. The Morgan fingerprint density at radius 2 is 1.62 bits per heavy atom. The lowest BCUT2D eigenvalue weighted by atomic mass is 10.0. The maximum Gasteiger partial charge on any atom is 0.315 e. The topological polar surface area (TPSA) is 154 Å². The van der Waals surface area contributed by atoms with Crippen molar-refractivity contribution in [3.63, 3.8) is 0 Å². The first-order valence-corrected chi connectivity index (χ1v) is 12.8. The summed E-state index contributed by atoms with van der Waals surface area (Å²) >= 11 is 1.90. The number of carbonyl (C=O) groups is 4. The van der Waals surface area contributed by atoms with Gasteiger partial charge in [0.05, 0.1) is 12.1 Å². The lowest BCUT2D eigenvalue weighted by molar-refractivity contribution is -0.159. The lowest BCUT2D eigenvalue weighted by Crippen LogP contribution is -2.36. The Bertz CT molecular complexity index is 605. The molecule has 9 nitrogen and oxygen atoms in total. The molecule has 3 amide bonds. The Kier molecular flexibility index (Phi) is 14.8. The van der Waals surface area contributed by atoms with Crippen LogP contribution in [0.15, 0.2) is 0 Å². The maximum atomic E-state index is 11.2. The average Bonchev–Trinajstić information content (AvgIpc) is 3.28. The monoisotopic (exact) mass is 472 g/mol. The molecule has 0 aromatic heterocycles. The summed E-state index contributed by atoms with van der Waals surface area (Å²) in [6, 6.07) is 0.516. The van der Waals surface area contributed by atoms with E-state index < -0.39 is 11.9 Å². The predicted molar refractivity (Wildman–Crippen MR) is 126 cm³/mol. The number of urea groups is 1. The molecular formula is C22H40N4O5S. The summed E-state index contributed by atoms with van der Waals surface area (Å²) in [5.74, 6) is -0.0345. The molecule has 0 radical (unpaired) electrons. The van der Waals surface area contributed by atoms with Gasteiger partial charge in [-0.25, -0.2) is 4.79 Å². The molecule has 6 N–H and O–H groups in total. The lowest BCUT2D eigenvalue weighted by Gasteiger charge is -2.16. The molecule has 32 heavy (non-hydrogen) atoms. The highest BCUT2D eigenvalue weighted by atomic mass is 32.2. The summed E-state index contributed by atoms with van der Waals surface area (Å²) in [5.41, 5.74) is 10.4. The van der Waals surface area contributed by atoms with Crippen molar-refractivity contribution >= 4 is 35.6 Å². The molecule has 0 aliphatic carbocycles. The number of amides is 3. The maximum absolute atomic E-state index is 11.2. The van der Waals surface area contributed by atoms with Gasteiger partial charge in [-0.3, -0.25) is 14.4 Å². The second-order valence-corrected chi connectivity index (χ2v) is 9.51. The molecule has 2 fully saturated rings. The van der Waals surface area contributed by atoms with E-state index >= 15 is 0 Å². The molecule has 0 spiro atoms. The fraction of sp³-hybridized carbons (Fsp3) is 0.818. The van der Waals surface area contributed by atoms with E-state index in [0.717, 1.165) is 63.5 Å². The summed E-state index contributed by atoms with van der Waals surface area (Å²) in [6.07, 6.45) is 9.46. The van der Waals surface area contributed by atoms with Crippen LogP contribution in [0.4, 0.5) is 4.79 Å². The van der Waals surface area contributed by atoms with Crippen LogP contribution in [0.3, 0.4) is 0 Å². The summed E-state index contributed by atoms with van der Waals surface area (Å²) in [7, 11) is 0. The molecule has 2 rings (SSSR count). The van der Waals surface area contributed by atoms with Gasteiger partial charge in [-0.1, -0.05) is 32.6 Å². The molecule has 0 aromatic rings. The number of fused-ring (bicyclic) bond motifs is 1. The van der Waals surface area contributed by atoms with Crippen LogP contribution in [0.25, 0.3) is 0 Å². The third-order valence-electron chi connectivity index (χ3n) is 5.40. The standard InChI is InChI=1S/C12H23NO3.C10H17N3O2S/c1-2-3-5-8-11(14)16-12(15)9-6-4-7-10-13;11-8(14)4-2-1-3-7-9-6(5-16-7)12-10(15)13-9/h2-10,13H2,1H3;6-7,9H,1-5H2,(H2,11,14)(H2,12,13,15)/t;6-,7-,9-/m.0/s1. The van der Waals surface area contributed by atoms with E-state index in [1.165, 1.54) is 0 Å². The highest BCUT2D eigenvalue weighted by Crippen LogP contribution is 2.33. The summed E-state index contributed by atoms with van der Waals surface area (Å²) in [5, 5.41) is 6.35. The predicted octanol–water partition coefficient (Wildman–Crippen LogP) is 2.35. The van der Waals surface area contributed by atoms with Crippen LogP contribution in [-0.2, 0) is 19.1 Å². The molecule has 0 aromatic carbocycles.